The average molecular weight is 416 g/mol. The Kier molecular flexibility index (Phi) is 5.89. The number of carbonyl (C=O) groups excluding carboxylic acids is 1. The van der Waals surface area contributed by atoms with E-state index in [1.54, 1.807) is 25.1 Å². The number of fused-ring (bicyclic) bond motifs is 1. The minimum Gasteiger partial charge on any atom is -0.379 e. The van der Waals surface area contributed by atoms with Crippen LogP contribution in [0.4, 0.5) is 8.78 Å². The third-order valence-corrected chi connectivity index (χ3v) is 6.56. The van der Waals surface area contributed by atoms with E-state index < -0.39 is 0 Å². The van der Waals surface area contributed by atoms with E-state index in [1.807, 2.05) is 6.07 Å². The Labute approximate surface area is 172 Å². The molecule has 1 aromatic heterocycles. The third kappa shape index (κ3) is 4.17. The third-order valence-electron chi connectivity index (χ3n) is 5.31. The summed E-state index contributed by atoms with van der Waals surface area (Å²) in [5.41, 5.74) is 1.60. The van der Waals surface area contributed by atoms with E-state index in [0.29, 0.717) is 35.6 Å². The lowest BCUT2D eigenvalue weighted by Gasteiger charge is -2.35. The topological polar surface area (TPSA) is 41.6 Å². The summed E-state index contributed by atoms with van der Waals surface area (Å²) in [7, 11) is 0. The van der Waals surface area contributed by atoms with Gasteiger partial charge in [0, 0.05) is 29.7 Å². The molecule has 4 rings (SSSR count). The molecular weight excluding hydrogens is 394 g/mol. The molecule has 0 unspecified atom stereocenters. The Morgan fingerprint density at radius 2 is 1.90 bits per heavy atom. The Balaban J connectivity index is 1.55. The normalized spacial score (nSPS) is 16.1. The molecule has 1 aliphatic rings. The predicted octanol–water partition coefficient (Wildman–Crippen LogP) is 4.29. The fraction of sp³-hybridized carbons (Fsp3) is 0.318. The summed E-state index contributed by atoms with van der Waals surface area (Å²) in [6.45, 7) is 4.88. The van der Waals surface area contributed by atoms with Gasteiger partial charge in [0.05, 0.1) is 24.1 Å². The zero-order valence-electron chi connectivity index (χ0n) is 16.1. The molecule has 29 heavy (non-hydrogen) atoms. The highest BCUT2D eigenvalue weighted by Gasteiger charge is 2.24. The standard InChI is InChI=1S/C22H22F2N2O2S/c1-14-20-17(24)3-2-4-19(20)29-21(14)22(27)25-13-18(26-9-11-28-12-10-26)15-5-7-16(23)8-6-15/h2-8,18H,9-13H2,1H3,(H,25,27)/t18-/m0/s1. The Morgan fingerprint density at radius 1 is 1.17 bits per heavy atom. The van der Waals surface area contributed by atoms with Gasteiger partial charge in [0.2, 0.25) is 0 Å². The number of morpholine rings is 1. The van der Waals surface area contributed by atoms with Crippen molar-refractivity contribution in [3.8, 4) is 0 Å². The second-order valence-corrected chi connectivity index (χ2v) is 8.15. The van der Waals surface area contributed by atoms with Crippen LogP contribution >= 0.6 is 11.3 Å². The van der Waals surface area contributed by atoms with Crippen LogP contribution in [-0.4, -0.2) is 43.7 Å². The van der Waals surface area contributed by atoms with Crippen LogP contribution in [0.2, 0.25) is 0 Å². The fourth-order valence-electron chi connectivity index (χ4n) is 3.77. The molecule has 0 aliphatic carbocycles. The largest absolute Gasteiger partial charge is 0.379 e. The van der Waals surface area contributed by atoms with Crippen molar-refractivity contribution < 1.29 is 18.3 Å². The minimum atomic E-state index is -0.312. The number of hydrogen-bond donors (Lipinski definition) is 1. The number of nitrogens with one attached hydrogen (secondary N) is 1. The van der Waals surface area contributed by atoms with E-state index in [0.717, 1.165) is 23.4 Å². The maximum Gasteiger partial charge on any atom is 0.261 e. The first-order valence-electron chi connectivity index (χ1n) is 9.57. The molecule has 0 radical (unpaired) electrons. The molecule has 152 valence electrons. The van der Waals surface area contributed by atoms with E-state index in [-0.39, 0.29) is 23.6 Å². The summed E-state index contributed by atoms with van der Waals surface area (Å²) in [6.07, 6.45) is 0. The molecule has 1 fully saturated rings. The zero-order valence-corrected chi connectivity index (χ0v) is 16.9. The highest BCUT2D eigenvalue weighted by Crippen LogP contribution is 2.32. The van der Waals surface area contributed by atoms with Gasteiger partial charge in [-0.05, 0) is 42.3 Å². The van der Waals surface area contributed by atoms with Gasteiger partial charge in [-0.15, -0.1) is 11.3 Å². The fourth-order valence-corrected chi connectivity index (χ4v) is 4.91. The number of rotatable bonds is 5. The average Bonchev–Trinajstić information content (AvgIpc) is 3.08. The lowest BCUT2D eigenvalue weighted by atomic mass is 10.0. The molecule has 0 bridgehead atoms. The van der Waals surface area contributed by atoms with Gasteiger partial charge in [0.15, 0.2) is 0 Å². The second-order valence-electron chi connectivity index (χ2n) is 7.09. The van der Waals surface area contributed by atoms with Crippen LogP contribution in [0.5, 0.6) is 0 Å². The SMILES string of the molecule is Cc1c(C(=O)NC[C@@H](c2ccc(F)cc2)N2CCOCC2)sc2cccc(F)c12. The summed E-state index contributed by atoms with van der Waals surface area (Å²) in [5, 5.41) is 3.51. The first kappa shape index (κ1) is 19.9. The van der Waals surface area contributed by atoms with Crippen molar-refractivity contribution in [3.63, 3.8) is 0 Å². The maximum absolute atomic E-state index is 14.2. The molecule has 1 aliphatic heterocycles. The van der Waals surface area contributed by atoms with Gasteiger partial charge in [-0.25, -0.2) is 8.78 Å². The molecule has 2 heterocycles. The van der Waals surface area contributed by atoms with Crippen LogP contribution in [-0.2, 0) is 4.74 Å². The van der Waals surface area contributed by atoms with Gasteiger partial charge in [-0.3, -0.25) is 9.69 Å². The highest BCUT2D eigenvalue weighted by atomic mass is 32.1. The van der Waals surface area contributed by atoms with Crippen molar-refractivity contribution in [2.75, 3.05) is 32.8 Å². The molecule has 1 N–H and O–H groups in total. The molecule has 3 aromatic rings. The smallest absolute Gasteiger partial charge is 0.261 e. The number of aryl methyl sites for hydroxylation is 1. The van der Waals surface area contributed by atoms with Crippen molar-refractivity contribution in [1.29, 1.82) is 0 Å². The number of thiophene rings is 1. The Morgan fingerprint density at radius 3 is 2.59 bits per heavy atom. The molecule has 1 saturated heterocycles. The number of hydrogen-bond acceptors (Lipinski definition) is 4. The summed E-state index contributed by atoms with van der Waals surface area (Å²) in [6, 6.07) is 11.2. The summed E-state index contributed by atoms with van der Waals surface area (Å²) >= 11 is 1.30. The summed E-state index contributed by atoms with van der Waals surface area (Å²) < 4.78 is 33.7. The number of amides is 1. The van der Waals surface area contributed by atoms with Gasteiger partial charge < -0.3 is 10.1 Å². The van der Waals surface area contributed by atoms with Crippen LogP contribution in [0.3, 0.4) is 0 Å². The van der Waals surface area contributed by atoms with E-state index in [4.69, 9.17) is 4.74 Å². The van der Waals surface area contributed by atoms with Crippen molar-refractivity contribution in [2.24, 2.45) is 0 Å². The molecule has 0 saturated carbocycles. The zero-order chi connectivity index (χ0) is 20.4. The first-order chi connectivity index (χ1) is 14.0. The number of carbonyl (C=O) groups is 1. The number of benzene rings is 2. The molecular formula is C22H22F2N2O2S. The number of nitrogens with zero attached hydrogens (tertiary/aromatic N) is 1. The Bertz CT molecular complexity index is 1010. The monoisotopic (exact) mass is 416 g/mol. The lowest BCUT2D eigenvalue weighted by Crippen LogP contribution is -2.43. The summed E-state index contributed by atoms with van der Waals surface area (Å²) in [5.74, 6) is -0.822. The lowest BCUT2D eigenvalue weighted by molar-refractivity contribution is 0.0162. The summed E-state index contributed by atoms with van der Waals surface area (Å²) in [4.78, 5) is 15.6. The number of halogens is 2. The maximum atomic E-state index is 14.2. The van der Waals surface area contributed by atoms with Gasteiger partial charge in [-0.1, -0.05) is 18.2 Å². The van der Waals surface area contributed by atoms with Crippen LogP contribution in [0.1, 0.15) is 26.8 Å². The van der Waals surface area contributed by atoms with Gasteiger partial charge in [-0.2, -0.15) is 0 Å². The van der Waals surface area contributed by atoms with Crippen molar-refractivity contribution >= 4 is 27.3 Å². The first-order valence-corrected chi connectivity index (χ1v) is 10.4. The van der Waals surface area contributed by atoms with Crippen molar-refractivity contribution in [1.82, 2.24) is 10.2 Å². The van der Waals surface area contributed by atoms with E-state index in [2.05, 4.69) is 10.2 Å². The van der Waals surface area contributed by atoms with Crippen LogP contribution in [0.15, 0.2) is 42.5 Å². The quantitative estimate of drug-likeness (QED) is 0.675. The van der Waals surface area contributed by atoms with Gasteiger partial charge in [0.25, 0.3) is 5.91 Å². The molecule has 1 atom stereocenters. The van der Waals surface area contributed by atoms with Crippen LogP contribution in [0.25, 0.3) is 10.1 Å². The molecule has 1 amide bonds. The molecule has 0 spiro atoms. The van der Waals surface area contributed by atoms with Crippen LogP contribution < -0.4 is 5.32 Å². The van der Waals surface area contributed by atoms with Gasteiger partial charge >= 0.3 is 0 Å². The van der Waals surface area contributed by atoms with E-state index in [9.17, 15) is 13.6 Å². The van der Waals surface area contributed by atoms with Crippen molar-refractivity contribution in [3.05, 3.63) is 70.1 Å². The molecule has 4 nitrogen and oxygen atoms in total. The van der Waals surface area contributed by atoms with E-state index >= 15 is 0 Å². The molecule has 2 aromatic carbocycles. The minimum absolute atomic E-state index is 0.0881. The van der Waals surface area contributed by atoms with Crippen molar-refractivity contribution in [2.45, 2.75) is 13.0 Å². The van der Waals surface area contributed by atoms with Gasteiger partial charge in [0.1, 0.15) is 11.6 Å². The molecule has 7 heteroatoms. The second kappa shape index (κ2) is 8.57. The van der Waals surface area contributed by atoms with E-state index in [1.165, 1.54) is 29.5 Å². The van der Waals surface area contributed by atoms with Crippen LogP contribution in [0, 0.1) is 18.6 Å². The highest BCUT2D eigenvalue weighted by molar-refractivity contribution is 7.21. The number of ether oxygens (including phenoxy) is 1. The Hall–Kier alpha value is -2.35. The predicted molar refractivity (Wildman–Crippen MR) is 110 cm³/mol.